The molecule has 3 aliphatic rings. The van der Waals surface area contributed by atoms with E-state index in [1.165, 1.54) is 11.8 Å². The highest BCUT2D eigenvalue weighted by Gasteiger charge is 2.50. The highest BCUT2D eigenvalue weighted by molar-refractivity contribution is 8.00. The van der Waals surface area contributed by atoms with Gasteiger partial charge in [0, 0.05) is 54.6 Å². The molecule has 1 aromatic carbocycles. The highest BCUT2D eigenvalue weighted by Crippen LogP contribution is 2.44. The van der Waals surface area contributed by atoms with Crippen molar-refractivity contribution < 1.29 is 14.7 Å². The van der Waals surface area contributed by atoms with Gasteiger partial charge < -0.3 is 20.2 Å². The van der Waals surface area contributed by atoms with Gasteiger partial charge in [-0.3, -0.25) is 9.59 Å². The van der Waals surface area contributed by atoms with Gasteiger partial charge in [-0.15, -0.1) is 11.8 Å². The van der Waals surface area contributed by atoms with Gasteiger partial charge in [-0.05, 0) is 31.7 Å². The fraction of sp³-hybridized carbons (Fsp3) is 0.556. The summed E-state index contributed by atoms with van der Waals surface area (Å²) in [5, 5.41) is 12.7. The lowest BCUT2D eigenvalue weighted by Crippen LogP contribution is -2.64. The van der Waals surface area contributed by atoms with Crippen molar-refractivity contribution in [3.63, 3.8) is 0 Å². The van der Waals surface area contributed by atoms with Gasteiger partial charge in [0.05, 0.1) is 11.4 Å². The molecule has 0 aromatic heterocycles. The quantitative estimate of drug-likeness (QED) is 0.826. The van der Waals surface area contributed by atoms with Crippen molar-refractivity contribution >= 4 is 29.3 Å². The number of nitrogens with one attached hydrogen (secondary N) is 1. The van der Waals surface area contributed by atoms with Crippen LogP contribution >= 0.6 is 11.8 Å². The van der Waals surface area contributed by atoms with Gasteiger partial charge in [0.1, 0.15) is 0 Å². The molecule has 1 unspecified atom stereocenters. The van der Waals surface area contributed by atoms with Crippen molar-refractivity contribution in [3.05, 3.63) is 23.8 Å². The molecule has 3 aliphatic heterocycles. The summed E-state index contributed by atoms with van der Waals surface area (Å²) in [5.41, 5.74) is 1.61. The predicted octanol–water partition coefficient (Wildman–Crippen LogP) is 1.12. The van der Waals surface area contributed by atoms with Crippen molar-refractivity contribution in [2.45, 2.75) is 11.3 Å². The van der Waals surface area contributed by atoms with E-state index >= 15 is 0 Å². The summed E-state index contributed by atoms with van der Waals surface area (Å²) in [4.78, 5) is 29.5. The number of hydrogen-bond acceptors (Lipinski definition) is 5. The maximum absolute atomic E-state index is 12.9. The van der Waals surface area contributed by atoms with E-state index in [4.69, 9.17) is 0 Å². The molecule has 2 amide bonds. The summed E-state index contributed by atoms with van der Waals surface area (Å²) in [7, 11) is 2.10. The first-order valence-electron chi connectivity index (χ1n) is 8.66. The number of carbonyl (C=O) groups excluding carboxylic acids is 2. The molecule has 0 bridgehead atoms. The second-order valence-electron chi connectivity index (χ2n) is 7.46. The maximum Gasteiger partial charge on any atom is 0.253 e. The number of likely N-dealkylation sites (tertiary alicyclic amines) is 2. The van der Waals surface area contributed by atoms with Gasteiger partial charge in [0.2, 0.25) is 5.91 Å². The summed E-state index contributed by atoms with van der Waals surface area (Å²) in [5.74, 6) is 0.542. The molecule has 2 saturated heterocycles. The third-order valence-electron chi connectivity index (χ3n) is 5.73. The normalized spacial score (nSPS) is 25.3. The van der Waals surface area contributed by atoms with E-state index in [-0.39, 0.29) is 29.8 Å². The third kappa shape index (κ3) is 2.94. The van der Waals surface area contributed by atoms with Crippen LogP contribution in [0.3, 0.4) is 0 Å². The van der Waals surface area contributed by atoms with Crippen molar-refractivity contribution in [3.8, 4) is 0 Å². The van der Waals surface area contributed by atoms with Gasteiger partial charge in [0.25, 0.3) is 5.91 Å². The molecule has 0 saturated carbocycles. The van der Waals surface area contributed by atoms with Crippen LogP contribution in [0.1, 0.15) is 16.8 Å². The van der Waals surface area contributed by atoms with E-state index in [1.54, 1.807) is 6.07 Å². The topological polar surface area (TPSA) is 72.9 Å². The average Bonchev–Trinajstić information content (AvgIpc) is 2.59. The Morgan fingerprint density at radius 3 is 2.96 bits per heavy atom. The van der Waals surface area contributed by atoms with E-state index in [9.17, 15) is 14.7 Å². The van der Waals surface area contributed by atoms with Crippen molar-refractivity contribution in [2.75, 3.05) is 50.9 Å². The van der Waals surface area contributed by atoms with Crippen molar-refractivity contribution in [1.82, 2.24) is 9.80 Å². The fourth-order valence-electron chi connectivity index (χ4n) is 4.38. The molecule has 0 aliphatic carbocycles. The lowest BCUT2D eigenvalue weighted by molar-refractivity contribution is -0.113. The largest absolute Gasteiger partial charge is 0.396 e. The zero-order valence-electron chi connectivity index (χ0n) is 14.3. The van der Waals surface area contributed by atoms with Crippen LogP contribution in [-0.4, -0.2) is 72.3 Å². The first-order valence-corrected chi connectivity index (χ1v) is 9.65. The van der Waals surface area contributed by atoms with Gasteiger partial charge in [0.15, 0.2) is 0 Å². The van der Waals surface area contributed by atoms with Crippen LogP contribution in [-0.2, 0) is 4.79 Å². The molecule has 0 radical (unpaired) electrons. The number of rotatable bonds is 2. The summed E-state index contributed by atoms with van der Waals surface area (Å²) in [6.45, 7) is 3.50. The highest BCUT2D eigenvalue weighted by atomic mass is 32.2. The molecule has 6 nitrogen and oxygen atoms in total. The van der Waals surface area contributed by atoms with Crippen LogP contribution in [0.25, 0.3) is 0 Å². The number of carbonyl (C=O) groups is 2. The lowest BCUT2D eigenvalue weighted by Gasteiger charge is -2.57. The monoisotopic (exact) mass is 361 g/mol. The fourth-order valence-corrected chi connectivity index (χ4v) is 5.23. The molecule has 7 heteroatoms. The first-order chi connectivity index (χ1) is 12.0. The molecule has 4 rings (SSSR count). The average molecular weight is 361 g/mol. The maximum atomic E-state index is 12.9. The smallest absolute Gasteiger partial charge is 0.253 e. The molecule has 3 heterocycles. The number of anilines is 1. The second kappa shape index (κ2) is 6.30. The first kappa shape index (κ1) is 16.9. The molecule has 1 atom stereocenters. The zero-order chi connectivity index (χ0) is 17.6. The van der Waals surface area contributed by atoms with Crippen molar-refractivity contribution in [2.24, 2.45) is 11.3 Å². The Morgan fingerprint density at radius 2 is 2.24 bits per heavy atom. The number of fused-ring (bicyclic) bond motifs is 1. The lowest BCUT2D eigenvalue weighted by atomic mass is 9.65. The number of aliphatic hydroxyl groups excluding tert-OH is 1. The minimum absolute atomic E-state index is 0.00541. The van der Waals surface area contributed by atoms with Gasteiger partial charge in [-0.1, -0.05) is 0 Å². The van der Waals surface area contributed by atoms with E-state index in [1.807, 2.05) is 17.0 Å². The zero-order valence-corrected chi connectivity index (χ0v) is 15.1. The summed E-state index contributed by atoms with van der Waals surface area (Å²) in [6.07, 6.45) is 0.948. The van der Waals surface area contributed by atoms with E-state index in [2.05, 4.69) is 17.3 Å². The Morgan fingerprint density at radius 1 is 1.44 bits per heavy atom. The summed E-state index contributed by atoms with van der Waals surface area (Å²) >= 11 is 1.46. The summed E-state index contributed by atoms with van der Waals surface area (Å²) < 4.78 is 0. The summed E-state index contributed by atoms with van der Waals surface area (Å²) in [6, 6.07) is 5.46. The molecular weight excluding hydrogens is 338 g/mol. The number of piperidine rings is 1. The van der Waals surface area contributed by atoms with Crippen LogP contribution in [0.4, 0.5) is 5.69 Å². The van der Waals surface area contributed by atoms with E-state index in [0.29, 0.717) is 17.9 Å². The SMILES string of the molecule is CN1CC2(CCN(C(=O)c3ccc4c(c3)SCC(=O)N4)CC2CO)C1. The number of benzene rings is 1. The standard InChI is InChI=1S/C18H23N3O3S/c1-20-10-18(11-20)4-5-21(7-13(18)8-22)17(24)12-2-3-14-15(6-12)25-9-16(23)19-14/h2-3,6,13,22H,4-5,7-11H2,1H3,(H,19,23). The van der Waals surface area contributed by atoms with Crippen LogP contribution < -0.4 is 5.32 Å². The predicted molar refractivity (Wildman–Crippen MR) is 96.8 cm³/mol. The van der Waals surface area contributed by atoms with Crippen molar-refractivity contribution in [1.29, 1.82) is 0 Å². The minimum Gasteiger partial charge on any atom is -0.396 e. The number of amides is 2. The molecule has 1 spiro atoms. The Labute approximate surface area is 151 Å². The Hall–Kier alpha value is -1.57. The van der Waals surface area contributed by atoms with E-state index in [0.717, 1.165) is 36.6 Å². The van der Waals surface area contributed by atoms with Gasteiger partial charge in [-0.25, -0.2) is 0 Å². The van der Waals surface area contributed by atoms with Crippen LogP contribution in [0, 0.1) is 11.3 Å². The molecular formula is C18H23N3O3S. The molecule has 2 fully saturated rings. The third-order valence-corrected chi connectivity index (χ3v) is 6.78. The Kier molecular flexibility index (Phi) is 4.25. The molecule has 2 N–H and O–H groups in total. The van der Waals surface area contributed by atoms with Crippen LogP contribution in [0.2, 0.25) is 0 Å². The second-order valence-corrected chi connectivity index (χ2v) is 8.48. The number of aliphatic hydroxyl groups is 1. The number of thioether (sulfide) groups is 1. The van der Waals surface area contributed by atoms with E-state index < -0.39 is 0 Å². The van der Waals surface area contributed by atoms with Crippen LogP contribution in [0.5, 0.6) is 0 Å². The molecule has 1 aromatic rings. The minimum atomic E-state index is -0.00541. The van der Waals surface area contributed by atoms with Crippen LogP contribution in [0.15, 0.2) is 23.1 Å². The van der Waals surface area contributed by atoms with Gasteiger partial charge >= 0.3 is 0 Å². The Balaban J connectivity index is 1.49. The van der Waals surface area contributed by atoms with Gasteiger partial charge in [-0.2, -0.15) is 0 Å². The number of nitrogens with zero attached hydrogens (tertiary/aromatic N) is 2. The number of hydrogen-bond donors (Lipinski definition) is 2. The molecule has 25 heavy (non-hydrogen) atoms. The molecule has 134 valence electrons. The Bertz CT molecular complexity index is 718.